The van der Waals surface area contributed by atoms with Gasteiger partial charge in [0.25, 0.3) is 0 Å². The summed E-state index contributed by atoms with van der Waals surface area (Å²) in [5, 5.41) is 9.71. The molecule has 0 saturated carbocycles. The fourth-order valence-electron chi connectivity index (χ4n) is 1.51. The van der Waals surface area contributed by atoms with E-state index in [0.717, 1.165) is 24.4 Å². The van der Waals surface area contributed by atoms with Crippen molar-refractivity contribution in [2.75, 3.05) is 32.7 Å². The second-order valence-electron chi connectivity index (χ2n) is 3.86. The molecule has 0 amide bonds. The van der Waals surface area contributed by atoms with Crippen molar-refractivity contribution in [2.45, 2.75) is 6.54 Å². The summed E-state index contributed by atoms with van der Waals surface area (Å²) in [6.45, 7) is 1.89. The topological polar surface area (TPSA) is 32.7 Å². The Morgan fingerprint density at radius 1 is 1.47 bits per heavy atom. The van der Waals surface area contributed by atoms with Crippen LogP contribution in [0.25, 0.3) is 0 Å². The molecule has 1 rings (SSSR count). The van der Waals surface area contributed by atoms with Crippen molar-refractivity contribution in [3.63, 3.8) is 0 Å². The Kier molecular flexibility index (Phi) is 6.16. The van der Waals surface area contributed by atoms with Crippen molar-refractivity contribution >= 4 is 27.7 Å². The number of nitrogens with zero attached hydrogens (tertiary/aromatic N) is 1. The van der Waals surface area contributed by atoms with Gasteiger partial charge in [0.1, 0.15) is 0 Å². The summed E-state index contributed by atoms with van der Waals surface area (Å²) in [6, 6.07) is 3.79. The van der Waals surface area contributed by atoms with E-state index in [0.29, 0.717) is 10.2 Å². The molecular formula is C12H18BrNO2S. The Morgan fingerprint density at radius 2 is 2.18 bits per heavy atom. The SMILES string of the molecule is COc1cc(CN(C)CCSC)cc(Br)c1O. The van der Waals surface area contributed by atoms with Crippen LogP contribution in [0.5, 0.6) is 11.5 Å². The predicted molar refractivity (Wildman–Crippen MR) is 77.1 cm³/mol. The number of rotatable bonds is 6. The van der Waals surface area contributed by atoms with E-state index in [9.17, 15) is 5.11 Å². The van der Waals surface area contributed by atoms with Crippen LogP contribution in [0, 0.1) is 0 Å². The molecule has 1 N–H and O–H groups in total. The summed E-state index contributed by atoms with van der Waals surface area (Å²) in [4.78, 5) is 2.24. The van der Waals surface area contributed by atoms with Crippen molar-refractivity contribution in [1.29, 1.82) is 0 Å². The first-order valence-electron chi connectivity index (χ1n) is 5.31. The molecule has 0 atom stereocenters. The van der Waals surface area contributed by atoms with Gasteiger partial charge in [-0.25, -0.2) is 0 Å². The number of benzene rings is 1. The van der Waals surface area contributed by atoms with Crippen LogP contribution in [0.1, 0.15) is 5.56 Å². The highest BCUT2D eigenvalue weighted by Crippen LogP contribution is 2.35. The zero-order valence-electron chi connectivity index (χ0n) is 10.4. The van der Waals surface area contributed by atoms with Gasteiger partial charge in [0.05, 0.1) is 11.6 Å². The van der Waals surface area contributed by atoms with Crippen molar-refractivity contribution in [3.8, 4) is 11.5 Å². The number of halogens is 1. The van der Waals surface area contributed by atoms with Crippen LogP contribution in [0.3, 0.4) is 0 Å². The highest BCUT2D eigenvalue weighted by Gasteiger charge is 2.09. The van der Waals surface area contributed by atoms with Crippen LogP contribution in [-0.4, -0.2) is 42.7 Å². The maximum Gasteiger partial charge on any atom is 0.172 e. The van der Waals surface area contributed by atoms with E-state index in [2.05, 4.69) is 34.1 Å². The molecule has 1 aromatic carbocycles. The average Bonchev–Trinajstić information content (AvgIpc) is 2.31. The van der Waals surface area contributed by atoms with Crippen molar-refractivity contribution in [1.82, 2.24) is 4.90 Å². The number of phenols is 1. The first-order chi connectivity index (χ1) is 8.08. The van der Waals surface area contributed by atoms with E-state index in [1.165, 1.54) is 0 Å². The van der Waals surface area contributed by atoms with Gasteiger partial charge in [-0.15, -0.1) is 0 Å². The van der Waals surface area contributed by atoms with E-state index < -0.39 is 0 Å². The summed E-state index contributed by atoms with van der Waals surface area (Å²) in [7, 11) is 3.65. The van der Waals surface area contributed by atoms with Crippen molar-refractivity contribution in [3.05, 3.63) is 22.2 Å². The van der Waals surface area contributed by atoms with Crippen LogP contribution >= 0.6 is 27.7 Å². The van der Waals surface area contributed by atoms with Crippen LogP contribution in [0.2, 0.25) is 0 Å². The predicted octanol–water partition coefficient (Wildman–Crippen LogP) is 2.96. The standard InChI is InChI=1S/C12H18BrNO2S/c1-14(4-5-17-3)8-9-6-10(13)12(15)11(7-9)16-2/h6-7,15H,4-5,8H2,1-3H3. The van der Waals surface area contributed by atoms with Gasteiger partial charge in [-0.1, -0.05) is 0 Å². The number of thioether (sulfide) groups is 1. The molecule has 17 heavy (non-hydrogen) atoms. The number of hydrogen-bond acceptors (Lipinski definition) is 4. The minimum atomic E-state index is 0.156. The van der Waals surface area contributed by atoms with Crippen LogP contribution in [0.15, 0.2) is 16.6 Å². The summed E-state index contributed by atoms with van der Waals surface area (Å²) >= 11 is 5.17. The first kappa shape index (κ1) is 14.7. The van der Waals surface area contributed by atoms with Gasteiger partial charge >= 0.3 is 0 Å². The fraction of sp³-hybridized carbons (Fsp3) is 0.500. The molecular weight excluding hydrogens is 302 g/mol. The fourth-order valence-corrected chi connectivity index (χ4v) is 2.50. The Hall–Kier alpha value is -0.390. The second-order valence-corrected chi connectivity index (χ2v) is 5.70. The third kappa shape index (κ3) is 4.41. The molecule has 0 radical (unpaired) electrons. The number of ether oxygens (including phenoxy) is 1. The number of methoxy groups -OCH3 is 1. The van der Waals surface area contributed by atoms with Gasteiger partial charge in [-0.2, -0.15) is 11.8 Å². The maximum atomic E-state index is 9.71. The zero-order valence-corrected chi connectivity index (χ0v) is 12.8. The van der Waals surface area contributed by atoms with E-state index in [-0.39, 0.29) is 5.75 Å². The Labute approximate surface area is 115 Å². The molecule has 0 aliphatic heterocycles. The molecule has 3 nitrogen and oxygen atoms in total. The molecule has 1 aromatic rings. The van der Waals surface area contributed by atoms with Crippen LogP contribution in [0.4, 0.5) is 0 Å². The monoisotopic (exact) mass is 319 g/mol. The average molecular weight is 320 g/mol. The van der Waals surface area contributed by atoms with E-state index in [4.69, 9.17) is 4.74 Å². The zero-order chi connectivity index (χ0) is 12.8. The molecule has 0 bridgehead atoms. The van der Waals surface area contributed by atoms with Gasteiger partial charge < -0.3 is 14.7 Å². The van der Waals surface area contributed by atoms with E-state index in [1.54, 1.807) is 7.11 Å². The van der Waals surface area contributed by atoms with Gasteiger partial charge in [0.2, 0.25) is 0 Å². The molecule has 5 heteroatoms. The number of phenolic OH excluding ortho intramolecular Hbond substituents is 1. The lowest BCUT2D eigenvalue weighted by atomic mass is 10.2. The van der Waals surface area contributed by atoms with Crippen LogP contribution in [-0.2, 0) is 6.54 Å². The molecule has 0 aromatic heterocycles. The second kappa shape index (κ2) is 7.13. The smallest absolute Gasteiger partial charge is 0.172 e. The van der Waals surface area contributed by atoms with Crippen molar-refractivity contribution in [2.24, 2.45) is 0 Å². The summed E-state index contributed by atoms with van der Waals surface area (Å²) in [6.07, 6.45) is 2.11. The normalized spacial score (nSPS) is 10.9. The molecule has 0 unspecified atom stereocenters. The largest absolute Gasteiger partial charge is 0.503 e. The molecule has 0 fully saturated rings. The summed E-state index contributed by atoms with van der Waals surface area (Å²) in [5.74, 6) is 1.78. The quantitative estimate of drug-likeness (QED) is 0.873. The highest BCUT2D eigenvalue weighted by atomic mass is 79.9. The lowest BCUT2D eigenvalue weighted by molar-refractivity contribution is 0.344. The Bertz CT molecular complexity index is 374. The van der Waals surface area contributed by atoms with E-state index >= 15 is 0 Å². The first-order valence-corrected chi connectivity index (χ1v) is 7.50. The van der Waals surface area contributed by atoms with Gasteiger partial charge in [0, 0.05) is 18.8 Å². The molecule has 0 saturated heterocycles. The highest BCUT2D eigenvalue weighted by molar-refractivity contribution is 9.10. The lowest BCUT2D eigenvalue weighted by Crippen LogP contribution is -2.20. The molecule has 0 aliphatic rings. The molecule has 0 spiro atoms. The summed E-state index contributed by atoms with van der Waals surface area (Å²) in [5.41, 5.74) is 1.12. The maximum absolute atomic E-state index is 9.71. The van der Waals surface area contributed by atoms with Crippen LogP contribution < -0.4 is 4.74 Å². The Morgan fingerprint density at radius 3 is 2.76 bits per heavy atom. The lowest BCUT2D eigenvalue weighted by Gasteiger charge is -2.17. The molecule has 0 aliphatic carbocycles. The minimum absolute atomic E-state index is 0.156. The number of aromatic hydroxyl groups is 1. The third-order valence-corrected chi connectivity index (χ3v) is 3.63. The summed E-state index contributed by atoms with van der Waals surface area (Å²) < 4.78 is 5.80. The van der Waals surface area contributed by atoms with E-state index in [1.807, 2.05) is 23.9 Å². The molecule has 96 valence electrons. The Balaban J connectivity index is 2.74. The molecule has 0 heterocycles. The van der Waals surface area contributed by atoms with Gasteiger partial charge in [0.15, 0.2) is 11.5 Å². The van der Waals surface area contributed by atoms with Gasteiger partial charge in [-0.3, -0.25) is 0 Å². The number of hydrogen-bond donors (Lipinski definition) is 1. The van der Waals surface area contributed by atoms with Gasteiger partial charge in [-0.05, 0) is 46.9 Å². The third-order valence-electron chi connectivity index (χ3n) is 2.44. The minimum Gasteiger partial charge on any atom is -0.503 e. The van der Waals surface area contributed by atoms with Crippen molar-refractivity contribution < 1.29 is 9.84 Å².